The van der Waals surface area contributed by atoms with Gasteiger partial charge in [0.15, 0.2) is 11.5 Å². The highest BCUT2D eigenvalue weighted by atomic mass is 16.5. The van der Waals surface area contributed by atoms with Crippen LogP contribution >= 0.6 is 0 Å². The molecule has 0 saturated carbocycles. The van der Waals surface area contributed by atoms with E-state index in [1.807, 2.05) is 0 Å². The van der Waals surface area contributed by atoms with E-state index >= 15 is 0 Å². The molecule has 0 amide bonds. The molecule has 0 bridgehead atoms. The molecule has 2 aliphatic rings. The predicted octanol–water partition coefficient (Wildman–Crippen LogP) is 2.33. The minimum atomic E-state index is 0.544. The van der Waals surface area contributed by atoms with Crippen molar-refractivity contribution >= 4 is 0 Å². The average molecular weight is 290 g/mol. The summed E-state index contributed by atoms with van der Waals surface area (Å²) in [5.41, 5.74) is 2.88. The third-order valence-electron chi connectivity index (χ3n) is 4.91. The molecule has 1 aliphatic heterocycles. The van der Waals surface area contributed by atoms with Crippen LogP contribution in [0, 0.1) is 0 Å². The van der Waals surface area contributed by atoms with Gasteiger partial charge in [-0.1, -0.05) is 0 Å². The maximum absolute atomic E-state index is 5.50. The van der Waals surface area contributed by atoms with Gasteiger partial charge in [-0.25, -0.2) is 0 Å². The second kappa shape index (κ2) is 6.24. The second-order valence-corrected chi connectivity index (χ2v) is 6.15. The van der Waals surface area contributed by atoms with Gasteiger partial charge in [-0.15, -0.1) is 0 Å². The first-order valence-electron chi connectivity index (χ1n) is 7.90. The maximum atomic E-state index is 5.50. The lowest BCUT2D eigenvalue weighted by atomic mass is 9.86. The van der Waals surface area contributed by atoms with E-state index in [0.717, 1.165) is 31.0 Å². The number of piperazine rings is 1. The van der Waals surface area contributed by atoms with E-state index < -0.39 is 0 Å². The van der Waals surface area contributed by atoms with Gasteiger partial charge >= 0.3 is 0 Å². The normalized spacial score (nSPS) is 23.7. The molecule has 0 aromatic heterocycles. The molecule has 1 saturated heterocycles. The molecule has 21 heavy (non-hydrogen) atoms. The largest absolute Gasteiger partial charge is 0.493 e. The summed E-state index contributed by atoms with van der Waals surface area (Å²) in [7, 11) is 5.64. The molecule has 0 spiro atoms. The van der Waals surface area contributed by atoms with Gasteiger partial charge in [0, 0.05) is 32.2 Å². The van der Waals surface area contributed by atoms with Gasteiger partial charge in [-0.2, -0.15) is 0 Å². The smallest absolute Gasteiger partial charge is 0.161 e. The van der Waals surface area contributed by atoms with Gasteiger partial charge in [0.2, 0.25) is 0 Å². The Morgan fingerprint density at radius 2 is 1.67 bits per heavy atom. The minimum Gasteiger partial charge on any atom is -0.493 e. The highest BCUT2D eigenvalue weighted by Gasteiger charge is 2.29. The van der Waals surface area contributed by atoms with Crippen molar-refractivity contribution in [2.75, 3.05) is 47.4 Å². The zero-order valence-electron chi connectivity index (χ0n) is 13.4. The van der Waals surface area contributed by atoms with Crippen LogP contribution in [0.15, 0.2) is 12.1 Å². The van der Waals surface area contributed by atoms with E-state index in [9.17, 15) is 0 Å². The lowest BCUT2D eigenvalue weighted by Crippen LogP contribution is -2.46. The van der Waals surface area contributed by atoms with Crippen LogP contribution < -0.4 is 9.47 Å². The van der Waals surface area contributed by atoms with E-state index in [1.54, 1.807) is 14.2 Å². The van der Waals surface area contributed by atoms with E-state index in [4.69, 9.17) is 9.47 Å². The van der Waals surface area contributed by atoms with E-state index in [-0.39, 0.29) is 0 Å². The number of fused-ring (bicyclic) bond motifs is 1. The number of ether oxygens (including phenoxy) is 2. The molecular weight excluding hydrogens is 264 g/mol. The molecule has 1 heterocycles. The van der Waals surface area contributed by atoms with Gasteiger partial charge < -0.3 is 14.4 Å². The van der Waals surface area contributed by atoms with E-state index in [1.165, 1.54) is 37.1 Å². The monoisotopic (exact) mass is 290 g/mol. The van der Waals surface area contributed by atoms with Crippen LogP contribution in [0.4, 0.5) is 0 Å². The van der Waals surface area contributed by atoms with E-state index in [2.05, 4.69) is 29.0 Å². The summed E-state index contributed by atoms with van der Waals surface area (Å²) in [6, 6.07) is 4.93. The van der Waals surface area contributed by atoms with Gasteiger partial charge in [-0.3, -0.25) is 4.90 Å². The fraction of sp³-hybridized carbons (Fsp3) is 0.647. The van der Waals surface area contributed by atoms with Crippen molar-refractivity contribution in [1.29, 1.82) is 0 Å². The lowest BCUT2D eigenvalue weighted by molar-refractivity contribution is 0.102. The summed E-state index contributed by atoms with van der Waals surface area (Å²) in [6.45, 7) is 4.65. The highest BCUT2D eigenvalue weighted by molar-refractivity contribution is 5.49. The van der Waals surface area contributed by atoms with Crippen molar-refractivity contribution in [3.05, 3.63) is 23.3 Å². The van der Waals surface area contributed by atoms with Crippen molar-refractivity contribution < 1.29 is 9.47 Å². The topological polar surface area (TPSA) is 24.9 Å². The Bertz CT molecular complexity index is 496. The fourth-order valence-electron chi connectivity index (χ4n) is 3.62. The molecule has 3 rings (SSSR count). The summed E-state index contributed by atoms with van der Waals surface area (Å²) < 4.78 is 11.0. The number of hydrogen-bond donors (Lipinski definition) is 0. The van der Waals surface area contributed by atoms with Crippen LogP contribution in [0.3, 0.4) is 0 Å². The number of benzene rings is 1. The zero-order chi connectivity index (χ0) is 14.8. The lowest BCUT2D eigenvalue weighted by Gasteiger charge is -2.40. The molecule has 0 radical (unpaired) electrons. The maximum Gasteiger partial charge on any atom is 0.161 e. The molecule has 1 aliphatic carbocycles. The van der Waals surface area contributed by atoms with Crippen molar-refractivity contribution in [2.24, 2.45) is 0 Å². The number of methoxy groups -OCH3 is 2. The van der Waals surface area contributed by atoms with Crippen LogP contribution in [0.1, 0.15) is 30.0 Å². The molecule has 116 valence electrons. The summed E-state index contributed by atoms with van der Waals surface area (Å²) in [5.74, 6) is 1.72. The van der Waals surface area contributed by atoms with Crippen molar-refractivity contribution in [1.82, 2.24) is 9.80 Å². The van der Waals surface area contributed by atoms with Crippen LogP contribution in [0.5, 0.6) is 11.5 Å². The van der Waals surface area contributed by atoms with Crippen molar-refractivity contribution in [2.45, 2.75) is 25.3 Å². The number of rotatable bonds is 3. The first-order chi connectivity index (χ1) is 10.2. The minimum absolute atomic E-state index is 0.544. The van der Waals surface area contributed by atoms with Crippen molar-refractivity contribution in [3.8, 4) is 11.5 Å². The summed E-state index contributed by atoms with van der Waals surface area (Å²) >= 11 is 0. The molecule has 4 heteroatoms. The third-order valence-corrected chi connectivity index (χ3v) is 4.91. The highest BCUT2D eigenvalue weighted by Crippen LogP contribution is 2.40. The summed E-state index contributed by atoms with van der Waals surface area (Å²) in [5, 5.41) is 0. The Balaban J connectivity index is 1.90. The van der Waals surface area contributed by atoms with E-state index in [0.29, 0.717) is 6.04 Å². The Labute approximate surface area is 127 Å². The molecule has 1 aromatic carbocycles. The summed E-state index contributed by atoms with van der Waals surface area (Å²) in [4.78, 5) is 5.05. The molecule has 4 nitrogen and oxygen atoms in total. The first kappa shape index (κ1) is 14.7. The second-order valence-electron chi connectivity index (χ2n) is 6.15. The van der Waals surface area contributed by atoms with Crippen molar-refractivity contribution in [3.63, 3.8) is 0 Å². The van der Waals surface area contributed by atoms with Gasteiger partial charge in [-0.05, 0) is 49.6 Å². The molecule has 1 aromatic rings. The molecule has 1 atom stereocenters. The number of aryl methyl sites for hydroxylation is 1. The number of likely N-dealkylation sites (N-methyl/N-ethyl adjacent to an activating group) is 1. The Morgan fingerprint density at radius 3 is 2.33 bits per heavy atom. The van der Waals surface area contributed by atoms with Gasteiger partial charge in [0.1, 0.15) is 0 Å². The molecular formula is C17H26N2O2. The van der Waals surface area contributed by atoms with Crippen LogP contribution in [-0.4, -0.2) is 57.2 Å². The zero-order valence-corrected chi connectivity index (χ0v) is 13.4. The van der Waals surface area contributed by atoms with Gasteiger partial charge in [0.25, 0.3) is 0 Å². The standard InChI is InChI=1S/C17H26N2O2/c1-18-7-9-19(10-8-18)15-6-4-5-13-11-16(20-2)17(21-3)12-14(13)15/h11-12,15H,4-10H2,1-3H3. The Kier molecular flexibility index (Phi) is 4.36. The first-order valence-corrected chi connectivity index (χ1v) is 7.90. The SMILES string of the molecule is COc1cc2c(cc1OC)C(N1CCN(C)CC1)CCC2. The van der Waals surface area contributed by atoms with Gasteiger partial charge in [0.05, 0.1) is 14.2 Å². The fourth-order valence-corrected chi connectivity index (χ4v) is 3.62. The average Bonchev–Trinajstić information content (AvgIpc) is 2.53. The van der Waals surface area contributed by atoms with Crippen LogP contribution in [-0.2, 0) is 6.42 Å². The molecule has 1 unspecified atom stereocenters. The quantitative estimate of drug-likeness (QED) is 0.853. The third kappa shape index (κ3) is 2.87. The number of nitrogens with zero attached hydrogens (tertiary/aromatic N) is 2. The Hall–Kier alpha value is -1.26. The predicted molar refractivity (Wildman–Crippen MR) is 84.3 cm³/mol. The number of hydrogen-bond acceptors (Lipinski definition) is 4. The molecule has 0 N–H and O–H groups in total. The summed E-state index contributed by atoms with van der Waals surface area (Å²) in [6.07, 6.45) is 3.67. The van der Waals surface area contributed by atoms with Crippen LogP contribution in [0.2, 0.25) is 0 Å². The Morgan fingerprint density at radius 1 is 1.00 bits per heavy atom. The molecule has 1 fully saturated rings. The van der Waals surface area contributed by atoms with Crippen LogP contribution in [0.25, 0.3) is 0 Å².